The lowest BCUT2D eigenvalue weighted by Crippen LogP contribution is -2.22. The molecule has 0 bridgehead atoms. The fraction of sp³-hybridized carbons (Fsp3) is 0.231. The van der Waals surface area contributed by atoms with E-state index >= 15 is 0 Å². The number of ketones is 1. The summed E-state index contributed by atoms with van der Waals surface area (Å²) in [5, 5.41) is 5.18. The van der Waals surface area contributed by atoms with Crippen molar-refractivity contribution in [2.24, 2.45) is 0 Å². The van der Waals surface area contributed by atoms with Crippen LogP contribution in [0.4, 0.5) is 35.2 Å². The zero-order valence-corrected chi connectivity index (χ0v) is 19.5. The molecule has 2 amide bonds. The largest absolute Gasteiger partial charge is 0.418 e. The Morgan fingerprint density at radius 2 is 1.76 bits per heavy atom. The Labute approximate surface area is 209 Å². The molecule has 4 N–H and O–H groups in total. The lowest BCUT2D eigenvalue weighted by Gasteiger charge is -2.14. The van der Waals surface area contributed by atoms with Crippen LogP contribution in [0.5, 0.6) is 0 Å². The second-order valence-electron chi connectivity index (χ2n) is 8.88. The zero-order valence-electron chi connectivity index (χ0n) is 19.5. The van der Waals surface area contributed by atoms with E-state index < -0.39 is 17.8 Å². The van der Waals surface area contributed by atoms with E-state index in [1.54, 1.807) is 18.3 Å². The molecule has 0 aliphatic heterocycles. The SMILES string of the molecule is Nc1ncnc2c1c(C(=O)c1cccc(NC(=O)Nc3ccccc3C(F)(F)F)c1)cn2C1CCCC1. The molecule has 11 heteroatoms. The minimum atomic E-state index is -4.63. The van der Waals surface area contributed by atoms with Crippen LogP contribution in [0.2, 0.25) is 0 Å². The van der Waals surface area contributed by atoms with Crippen molar-refractivity contribution in [3.8, 4) is 0 Å². The predicted molar refractivity (Wildman–Crippen MR) is 133 cm³/mol. The molecule has 0 radical (unpaired) electrons. The fourth-order valence-electron chi connectivity index (χ4n) is 4.76. The molecule has 0 saturated heterocycles. The maximum Gasteiger partial charge on any atom is 0.418 e. The zero-order chi connectivity index (χ0) is 26.2. The first-order valence-corrected chi connectivity index (χ1v) is 11.7. The molecule has 2 aromatic heterocycles. The second-order valence-corrected chi connectivity index (χ2v) is 8.88. The number of benzene rings is 2. The summed E-state index contributed by atoms with van der Waals surface area (Å²) in [4.78, 5) is 34.5. The maximum atomic E-state index is 13.5. The van der Waals surface area contributed by atoms with Gasteiger partial charge < -0.3 is 20.9 Å². The number of fused-ring (bicyclic) bond motifs is 1. The summed E-state index contributed by atoms with van der Waals surface area (Å²) < 4.78 is 41.7. The van der Waals surface area contributed by atoms with Crippen molar-refractivity contribution >= 4 is 40.0 Å². The van der Waals surface area contributed by atoms with Crippen molar-refractivity contribution in [2.45, 2.75) is 37.9 Å². The minimum Gasteiger partial charge on any atom is -0.383 e. The summed E-state index contributed by atoms with van der Waals surface area (Å²) in [6, 6.07) is 10.2. The van der Waals surface area contributed by atoms with Gasteiger partial charge in [-0.3, -0.25) is 4.79 Å². The Hall–Kier alpha value is -4.41. The van der Waals surface area contributed by atoms with Gasteiger partial charge in [0.05, 0.1) is 22.2 Å². The van der Waals surface area contributed by atoms with Gasteiger partial charge in [-0.1, -0.05) is 37.1 Å². The molecule has 1 aliphatic carbocycles. The number of alkyl halides is 3. The van der Waals surface area contributed by atoms with Gasteiger partial charge in [-0.15, -0.1) is 0 Å². The van der Waals surface area contributed by atoms with Gasteiger partial charge in [0.2, 0.25) is 0 Å². The van der Waals surface area contributed by atoms with Crippen LogP contribution in [0, 0.1) is 0 Å². The van der Waals surface area contributed by atoms with Gasteiger partial charge in [-0.2, -0.15) is 13.2 Å². The van der Waals surface area contributed by atoms with Gasteiger partial charge in [0.15, 0.2) is 5.78 Å². The number of nitrogens with two attached hydrogens (primary N) is 1. The summed E-state index contributed by atoms with van der Waals surface area (Å²) in [6.45, 7) is 0. The van der Waals surface area contributed by atoms with Crippen LogP contribution < -0.4 is 16.4 Å². The van der Waals surface area contributed by atoms with Gasteiger partial charge in [-0.25, -0.2) is 14.8 Å². The highest BCUT2D eigenvalue weighted by Crippen LogP contribution is 2.36. The number of hydrogen-bond acceptors (Lipinski definition) is 5. The van der Waals surface area contributed by atoms with E-state index in [4.69, 9.17) is 5.73 Å². The molecule has 2 aromatic carbocycles. The monoisotopic (exact) mass is 508 g/mol. The van der Waals surface area contributed by atoms with E-state index in [2.05, 4.69) is 20.6 Å². The van der Waals surface area contributed by atoms with Gasteiger partial charge in [0.25, 0.3) is 0 Å². The molecule has 8 nitrogen and oxygen atoms in total. The third-order valence-corrected chi connectivity index (χ3v) is 6.46. The summed E-state index contributed by atoms with van der Waals surface area (Å²) >= 11 is 0. The first-order chi connectivity index (χ1) is 17.7. The maximum absolute atomic E-state index is 13.5. The van der Waals surface area contributed by atoms with E-state index in [1.165, 1.54) is 30.6 Å². The van der Waals surface area contributed by atoms with Crippen molar-refractivity contribution in [1.29, 1.82) is 0 Å². The third-order valence-electron chi connectivity index (χ3n) is 6.46. The third kappa shape index (κ3) is 4.84. The van der Waals surface area contributed by atoms with E-state index in [-0.39, 0.29) is 34.6 Å². The van der Waals surface area contributed by atoms with Gasteiger partial charge >= 0.3 is 12.2 Å². The quantitative estimate of drug-likeness (QED) is 0.285. The van der Waals surface area contributed by atoms with Crippen LogP contribution in [0.25, 0.3) is 11.0 Å². The van der Waals surface area contributed by atoms with Crippen molar-refractivity contribution < 1.29 is 22.8 Å². The van der Waals surface area contributed by atoms with Crippen LogP contribution in [0.15, 0.2) is 61.1 Å². The van der Waals surface area contributed by atoms with Gasteiger partial charge in [0.1, 0.15) is 17.8 Å². The van der Waals surface area contributed by atoms with Crippen molar-refractivity contribution in [3.05, 3.63) is 77.7 Å². The molecular formula is C26H23F3N6O2. The number of rotatable bonds is 5. The molecular weight excluding hydrogens is 485 g/mol. The van der Waals surface area contributed by atoms with Crippen LogP contribution in [0.1, 0.15) is 53.2 Å². The summed E-state index contributed by atoms with van der Waals surface area (Å²) in [5.41, 5.74) is 6.23. The molecule has 0 spiro atoms. The van der Waals surface area contributed by atoms with Crippen LogP contribution in [-0.2, 0) is 6.18 Å². The molecule has 37 heavy (non-hydrogen) atoms. The van der Waals surface area contributed by atoms with Crippen molar-refractivity contribution in [1.82, 2.24) is 14.5 Å². The summed E-state index contributed by atoms with van der Waals surface area (Å²) in [5.74, 6) is -0.142. The topological polar surface area (TPSA) is 115 Å². The van der Waals surface area contributed by atoms with E-state index in [0.29, 0.717) is 16.6 Å². The van der Waals surface area contributed by atoms with Crippen LogP contribution in [-0.4, -0.2) is 26.3 Å². The lowest BCUT2D eigenvalue weighted by molar-refractivity contribution is -0.136. The lowest BCUT2D eigenvalue weighted by atomic mass is 10.0. The number of carbonyl (C=O) groups excluding carboxylic acids is 2. The smallest absolute Gasteiger partial charge is 0.383 e. The molecule has 5 rings (SSSR count). The standard InChI is InChI=1S/C26H23F3N6O2/c27-26(28,29)19-10-3-4-11-20(19)34-25(37)33-16-7-5-6-15(12-16)22(36)18-13-35(17-8-1-2-9-17)24-21(18)23(30)31-14-32-24/h3-7,10-14,17H,1-2,8-9H2,(H2,30,31,32)(H2,33,34,37). The second kappa shape index (κ2) is 9.57. The Kier molecular flexibility index (Phi) is 6.28. The number of para-hydroxylation sites is 1. The average molecular weight is 509 g/mol. The molecule has 1 aliphatic rings. The van der Waals surface area contributed by atoms with E-state index in [0.717, 1.165) is 37.8 Å². The number of hydrogen-bond donors (Lipinski definition) is 3. The highest BCUT2D eigenvalue weighted by Gasteiger charge is 2.33. The van der Waals surface area contributed by atoms with Crippen LogP contribution >= 0.6 is 0 Å². The molecule has 1 saturated carbocycles. The summed E-state index contributed by atoms with van der Waals surface area (Å²) in [6.07, 6.45) is 2.65. The molecule has 190 valence electrons. The highest BCUT2D eigenvalue weighted by atomic mass is 19.4. The number of anilines is 3. The van der Waals surface area contributed by atoms with E-state index in [9.17, 15) is 22.8 Å². The number of aromatic nitrogens is 3. The minimum absolute atomic E-state index is 0.196. The molecule has 0 atom stereocenters. The predicted octanol–water partition coefficient (Wildman–Crippen LogP) is 6.02. The average Bonchev–Trinajstić information content (AvgIpc) is 3.52. The number of carbonyl (C=O) groups is 2. The number of nitrogens with zero attached hydrogens (tertiary/aromatic N) is 3. The molecule has 2 heterocycles. The number of urea groups is 1. The van der Waals surface area contributed by atoms with Gasteiger partial charge in [-0.05, 0) is 37.1 Å². The Morgan fingerprint density at radius 1 is 1.00 bits per heavy atom. The molecule has 1 fully saturated rings. The summed E-state index contributed by atoms with van der Waals surface area (Å²) in [7, 11) is 0. The van der Waals surface area contributed by atoms with Crippen molar-refractivity contribution in [3.63, 3.8) is 0 Å². The number of halogens is 3. The first kappa shape index (κ1) is 24.3. The van der Waals surface area contributed by atoms with Crippen molar-refractivity contribution in [2.75, 3.05) is 16.4 Å². The molecule has 4 aromatic rings. The Morgan fingerprint density at radius 3 is 2.51 bits per heavy atom. The normalized spacial score (nSPS) is 14.1. The van der Waals surface area contributed by atoms with E-state index in [1.807, 2.05) is 4.57 Å². The number of nitrogen functional groups attached to an aromatic ring is 1. The van der Waals surface area contributed by atoms with Gasteiger partial charge in [0, 0.05) is 23.5 Å². The first-order valence-electron chi connectivity index (χ1n) is 11.7. The highest BCUT2D eigenvalue weighted by molar-refractivity contribution is 6.18. The van der Waals surface area contributed by atoms with Crippen LogP contribution in [0.3, 0.4) is 0 Å². The number of nitrogens with one attached hydrogen (secondary N) is 2. The number of amides is 2. The Balaban J connectivity index is 1.41. The fourth-order valence-corrected chi connectivity index (χ4v) is 4.76. The Bertz CT molecular complexity index is 1490. The molecule has 0 unspecified atom stereocenters.